The van der Waals surface area contributed by atoms with E-state index in [4.69, 9.17) is 4.74 Å². The summed E-state index contributed by atoms with van der Waals surface area (Å²) in [5.74, 6) is 0.598. The average Bonchev–Trinajstić information content (AvgIpc) is 2.60. The third-order valence-corrected chi connectivity index (χ3v) is 4.92. The SMILES string of the molecule is C[C@H](Oc1ccc2ccccc2c1)C(=O)N(C)[C@@H]1CCCC[C@@H]1O. The molecular weight excluding hydrogens is 302 g/mol. The molecule has 0 unspecified atom stereocenters. The summed E-state index contributed by atoms with van der Waals surface area (Å²) in [5.41, 5.74) is 0. The van der Waals surface area contributed by atoms with Gasteiger partial charge in [0.15, 0.2) is 6.10 Å². The Labute approximate surface area is 143 Å². The van der Waals surface area contributed by atoms with Gasteiger partial charge in [-0.1, -0.05) is 43.2 Å². The molecule has 0 aliphatic heterocycles. The molecule has 0 saturated heterocycles. The predicted molar refractivity (Wildman–Crippen MR) is 95.1 cm³/mol. The van der Waals surface area contributed by atoms with Gasteiger partial charge in [-0.3, -0.25) is 4.79 Å². The minimum atomic E-state index is -0.578. The van der Waals surface area contributed by atoms with Crippen molar-refractivity contribution in [1.82, 2.24) is 4.90 Å². The highest BCUT2D eigenvalue weighted by atomic mass is 16.5. The summed E-state index contributed by atoms with van der Waals surface area (Å²) >= 11 is 0. The van der Waals surface area contributed by atoms with Crippen LogP contribution in [0, 0.1) is 0 Å². The number of nitrogens with zero attached hydrogens (tertiary/aromatic N) is 1. The molecule has 4 nitrogen and oxygen atoms in total. The van der Waals surface area contributed by atoms with Crippen LogP contribution in [-0.2, 0) is 4.79 Å². The van der Waals surface area contributed by atoms with E-state index < -0.39 is 12.2 Å². The lowest BCUT2D eigenvalue weighted by atomic mass is 9.91. The molecule has 0 heterocycles. The van der Waals surface area contributed by atoms with Gasteiger partial charge in [0.05, 0.1) is 12.1 Å². The van der Waals surface area contributed by atoms with Crippen molar-refractivity contribution in [3.63, 3.8) is 0 Å². The van der Waals surface area contributed by atoms with E-state index in [0.29, 0.717) is 5.75 Å². The number of likely N-dealkylation sites (N-methyl/N-ethyl adjacent to an activating group) is 1. The van der Waals surface area contributed by atoms with Crippen LogP contribution in [-0.4, -0.2) is 41.2 Å². The lowest BCUT2D eigenvalue weighted by Gasteiger charge is -2.36. The first kappa shape index (κ1) is 16.8. The summed E-state index contributed by atoms with van der Waals surface area (Å²) in [5, 5.41) is 12.4. The maximum atomic E-state index is 12.6. The highest BCUT2D eigenvalue weighted by Crippen LogP contribution is 2.25. The van der Waals surface area contributed by atoms with Crippen LogP contribution in [0.4, 0.5) is 0 Å². The van der Waals surface area contributed by atoms with Crippen molar-refractivity contribution in [3.05, 3.63) is 42.5 Å². The van der Waals surface area contributed by atoms with E-state index in [2.05, 4.69) is 0 Å². The Morgan fingerprint density at radius 1 is 1.17 bits per heavy atom. The number of aliphatic hydroxyl groups excluding tert-OH is 1. The number of ether oxygens (including phenoxy) is 1. The van der Waals surface area contributed by atoms with Gasteiger partial charge in [-0.15, -0.1) is 0 Å². The highest BCUT2D eigenvalue weighted by Gasteiger charge is 2.31. The zero-order valence-corrected chi connectivity index (χ0v) is 14.3. The van der Waals surface area contributed by atoms with Crippen LogP contribution in [0.5, 0.6) is 5.75 Å². The second-order valence-corrected chi connectivity index (χ2v) is 6.64. The van der Waals surface area contributed by atoms with Crippen molar-refractivity contribution in [3.8, 4) is 5.75 Å². The van der Waals surface area contributed by atoms with Crippen molar-refractivity contribution < 1.29 is 14.6 Å². The number of hydrogen-bond donors (Lipinski definition) is 1. The Kier molecular flexibility index (Phi) is 5.05. The lowest BCUT2D eigenvalue weighted by molar-refractivity contribution is -0.142. The lowest BCUT2D eigenvalue weighted by Crippen LogP contribution is -2.50. The fourth-order valence-corrected chi connectivity index (χ4v) is 3.49. The van der Waals surface area contributed by atoms with Crippen molar-refractivity contribution in [2.45, 2.75) is 50.9 Å². The molecule has 4 heteroatoms. The fourth-order valence-electron chi connectivity index (χ4n) is 3.49. The Morgan fingerprint density at radius 3 is 2.62 bits per heavy atom. The van der Waals surface area contributed by atoms with E-state index in [0.717, 1.165) is 36.5 Å². The van der Waals surface area contributed by atoms with Gasteiger partial charge in [-0.25, -0.2) is 0 Å². The number of benzene rings is 2. The second kappa shape index (κ2) is 7.22. The fraction of sp³-hybridized carbons (Fsp3) is 0.450. The first-order chi connectivity index (χ1) is 11.6. The van der Waals surface area contributed by atoms with E-state index in [1.54, 1.807) is 18.9 Å². The summed E-state index contributed by atoms with van der Waals surface area (Å²) in [6, 6.07) is 13.8. The summed E-state index contributed by atoms with van der Waals surface area (Å²) in [7, 11) is 1.77. The first-order valence-electron chi connectivity index (χ1n) is 8.66. The van der Waals surface area contributed by atoms with E-state index in [9.17, 15) is 9.90 Å². The molecule has 1 aliphatic carbocycles. The number of carbonyl (C=O) groups excluding carboxylic acids is 1. The average molecular weight is 327 g/mol. The molecule has 1 amide bonds. The topological polar surface area (TPSA) is 49.8 Å². The van der Waals surface area contributed by atoms with Gasteiger partial charge in [-0.2, -0.15) is 0 Å². The molecule has 0 spiro atoms. The molecule has 0 aromatic heterocycles. The molecule has 2 aromatic carbocycles. The highest BCUT2D eigenvalue weighted by molar-refractivity contribution is 5.84. The van der Waals surface area contributed by atoms with Gasteiger partial charge in [0, 0.05) is 7.05 Å². The normalized spacial score (nSPS) is 22.1. The molecule has 24 heavy (non-hydrogen) atoms. The quantitative estimate of drug-likeness (QED) is 0.937. The van der Waals surface area contributed by atoms with Crippen molar-refractivity contribution in [2.24, 2.45) is 0 Å². The maximum absolute atomic E-state index is 12.6. The van der Waals surface area contributed by atoms with Crippen LogP contribution in [0.25, 0.3) is 10.8 Å². The largest absolute Gasteiger partial charge is 0.481 e. The second-order valence-electron chi connectivity index (χ2n) is 6.64. The van der Waals surface area contributed by atoms with Gasteiger partial charge in [0.1, 0.15) is 5.75 Å². The summed E-state index contributed by atoms with van der Waals surface area (Å²) in [6.45, 7) is 1.77. The Morgan fingerprint density at radius 2 is 1.88 bits per heavy atom. The summed E-state index contributed by atoms with van der Waals surface area (Å²) < 4.78 is 5.86. The Hall–Kier alpha value is -2.07. The number of carbonyl (C=O) groups is 1. The monoisotopic (exact) mass is 327 g/mol. The van der Waals surface area contributed by atoms with Crippen LogP contribution in [0.1, 0.15) is 32.6 Å². The molecule has 1 fully saturated rings. The van der Waals surface area contributed by atoms with Crippen LogP contribution in [0.15, 0.2) is 42.5 Å². The molecule has 2 aromatic rings. The number of fused-ring (bicyclic) bond motifs is 1. The van der Waals surface area contributed by atoms with Gasteiger partial charge >= 0.3 is 0 Å². The van der Waals surface area contributed by atoms with Crippen LogP contribution >= 0.6 is 0 Å². The molecule has 0 radical (unpaired) electrons. The first-order valence-corrected chi connectivity index (χ1v) is 8.66. The van der Waals surface area contributed by atoms with Crippen LogP contribution in [0.2, 0.25) is 0 Å². The third-order valence-electron chi connectivity index (χ3n) is 4.92. The zero-order valence-electron chi connectivity index (χ0n) is 14.3. The van der Waals surface area contributed by atoms with E-state index in [-0.39, 0.29) is 11.9 Å². The minimum absolute atomic E-state index is 0.0888. The maximum Gasteiger partial charge on any atom is 0.263 e. The molecule has 1 aliphatic rings. The smallest absolute Gasteiger partial charge is 0.263 e. The van der Waals surface area contributed by atoms with Crippen molar-refractivity contribution in [2.75, 3.05) is 7.05 Å². The zero-order chi connectivity index (χ0) is 17.1. The molecule has 0 bridgehead atoms. The summed E-state index contributed by atoms with van der Waals surface area (Å²) in [6.07, 6.45) is 2.70. The number of aliphatic hydroxyl groups is 1. The predicted octanol–water partition coefficient (Wildman–Crippen LogP) is 3.37. The molecule has 1 N–H and O–H groups in total. The Bertz CT molecular complexity index is 715. The number of rotatable bonds is 4. The van der Waals surface area contributed by atoms with E-state index in [1.165, 1.54) is 0 Å². The molecule has 3 rings (SSSR count). The van der Waals surface area contributed by atoms with Gasteiger partial charge in [-0.05, 0) is 42.7 Å². The number of amides is 1. The van der Waals surface area contributed by atoms with E-state index in [1.807, 2.05) is 42.5 Å². The van der Waals surface area contributed by atoms with E-state index >= 15 is 0 Å². The molecule has 3 atom stereocenters. The van der Waals surface area contributed by atoms with Crippen LogP contribution < -0.4 is 4.74 Å². The molecular formula is C20H25NO3. The standard InChI is InChI=1S/C20H25NO3/c1-14(20(23)21(2)18-9-5-6-10-19(18)22)24-17-12-11-15-7-3-4-8-16(15)13-17/h3-4,7-8,11-14,18-19,22H,5-6,9-10H2,1-2H3/t14-,18+,19-/m0/s1. The van der Waals surface area contributed by atoms with Crippen LogP contribution in [0.3, 0.4) is 0 Å². The van der Waals surface area contributed by atoms with Crippen molar-refractivity contribution >= 4 is 16.7 Å². The minimum Gasteiger partial charge on any atom is -0.481 e. The van der Waals surface area contributed by atoms with Gasteiger partial charge in [0.25, 0.3) is 5.91 Å². The number of hydrogen-bond acceptors (Lipinski definition) is 3. The molecule has 1 saturated carbocycles. The third kappa shape index (κ3) is 3.54. The molecule has 128 valence electrons. The van der Waals surface area contributed by atoms with Crippen molar-refractivity contribution in [1.29, 1.82) is 0 Å². The summed E-state index contributed by atoms with van der Waals surface area (Å²) in [4.78, 5) is 14.3. The Balaban J connectivity index is 1.68. The van der Waals surface area contributed by atoms with Gasteiger partial charge in [0.2, 0.25) is 0 Å². The van der Waals surface area contributed by atoms with Gasteiger partial charge < -0.3 is 14.7 Å².